The second-order valence-corrected chi connectivity index (χ2v) is 4.82. The van der Waals surface area contributed by atoms with Crippen molar-refractivity contribution in [2.75, 3.05) is 19.7 Å². The summed E-state index contributed by atoms with van der Waals surface area (Å²) in [5.41, 5.74) is 0. The van der Waals surface area contributed by atoms with Crippen LogP contribution in [0.1, 0.15) is 38.5 Å². The molecule has 0 bridgehead atoms. The summed E-state index contributed by atoms with van der Waals surface area (Å²) in [6.45, 7) is 0.177. The monoisotopic (exact) mass is 269 g/mol. The molecule has 0 heterocycles. The van der Waals surface area contributed by atoms with Crippen molar-refractivity contribution in [2.45, 2.75) is 56.9 Å². The molecule has 1 fully saturated rings. The lowest BCUT2D eigenvalue weighted by Crippen LogP contribution is -2.34. The Kier molecular flexibility index (Phi) is 6.96. The van der Waals surface area contributed by atoms with Crippen molar-refractivity contribution in [2.24, 2.45) is 0 Å². The van der Waals surface area contributed by atoms with E-state index in [1.165, 1.54) is 6.42 Å². The van der Waals surface area contributed by atoms with Crippen LogP contribution >= 0.6 is 0 Å². The van der Waals surface area contributed by atoms with Gasteiger partial charge >= 0.3 is 6.18 Å². The summed E-state index contributed by atoms with van der Waals surface area (Å²) in [7, 11) is 0. The highest BCUT2D eigenvalue weighted by atomic mass is 19.4. The molecule has 3 nitrogen and oxygen atoms in total. The summed E-state index contributed by atoms with van der Waals surface area (Å²) < 4.78 is 41.1. The lowest BCUT2D eigenvalue weighted by molar-refractivity contribution is -0.133. The predicted molar refractivity (Wildman–Crippen MR) is 62.4 cm³/mol. The molecular weight excluding hydrogens is 247 g/mol. The van der Waals surface area contributed by atoms with Crippen LogP contribution in [-0.2, 0) is 4.74 Å². The third-order valence-electron chi connectivity index (χ3n) is 3.04. The summed E-state index contributed by atoms with van der Waals surface area (Å²) in [4.78, 5) is 0. The number of aliphatic hydroxyl groups is 1. The fourth-order valence-corrected chi connectivity index (χ4v) is 2.04. The number of nitrogens with one attached hydrogen (secondary N) is 1. The molecule has 0 saturated heterocycles. The Hall–Kier alpha value is -0.330. The lowest BCUT2D eigenvalue weighted by Gasteiger charge is -2.23. The SMILES string of the molecule is OC(CNCCC(F)(F)F)COC1CCCCC1. The average Bonchev–Trinajstić information content (AvgIpc) is 2.32. The quantitative estimate of drug-likeness (QED) is 0.696. The molecule has 108 valence electrons. The lowest BCUT2D eigenvalue weighted by atomic mass is 9.98. The molecular formula is C12H22F3NO2. The van der Waals surface area contributed by atoms with Crippen LogP contribution in [0.4, 0.5) is 13.2 Å². The second kappa shape index (κ2) is 7.96. The van der Waals surface area contributed by atoms with Gasteiger partial charge in [-0.2, -0.15) is 13.2 Å². The zero-order chi connectivity index (χ0) is 13.4. The Bertz CT molecular complexity index is 218. The zero-order valence-corrected chi connectivity index (χ0v) is 10.5. The molecule has 1 aliphatic rings. The highest BCUT2D eigenvalue weighted by Crippen LogP contribution is 2.20. The van der Waals surface area contributed by atoms with E-state index >= 15 is 0 Å². The van der Waals surface area contributed by atoms with Gasteiger partial charge in [-0.3, -0.25) is 0 Å². The largest absolute Gasteiger partial charge is 0.390 e. The summed E-state index contributed by atoms with van der Waals surface area (Å²) >= 11 is 0. The molecule has 0 aliphatic heterocycles. The molecule has 0 spiro atoms. The van der Waals surface area contributed by atoms with Crippen molar-refractivity contribution in [3.8, 4) is 0 Å². The number of alkyl halides is 3. The Morgan fingerprint density at radius 2 is 1.89 bits per heavy atom. The molecule has 1 atom stereocenters. The molecule has 18 heavy (non-hydrogen) atoms. The Morgan fingerprint density at radius 3 is 2.50 bits per heavy atom. The van der Waals surface area contributed by atoms with Gasteiger partial charge in [0, 0.05) is 13.1 Å². The molecule has 2 N–H and O–H groups in total. The second-order valence-electron chi connectivity index (χ2n) is 4.82. The maximum absolute atomic E-state index is 11.8. The Balaban J connectivity index is 1.98. The van der Waals surface area contributed by atoms with Gasteiger partial charge in [0.25, 0.3) is 0 Å². The van der Waals surface area contributed by atoms with E-state index in [0.717, 1.165) is 25.7 Å². The smallest absolute Gasteiger partial charge is 0.389 e. The van der Waals surface area contributed by atoms with Gasteiger partial charge in [0.1, 0.15) is 0 Å². The summed E-state index contributed by atoms with van der Waals surface area (Å²) in [6, 6.07) is 0. The number of hydrogen-bond acceptors (Lipinski definition) is 3. The minimum Gasteiger partial charge on any atom is -0.389 e. The summed E-state index contributed by atoms with van der Waals surface area (Å²) in [5, 5.41) is 12.1. The van der Waals surface area contributed by atoms with E-state index in [4.69, 9.17) is 4.74 Å². The van der Waals surface area contributed by atoms with Crippen molar-refractivity contribution in [1.29, 1.82) is 0 Å². The van der Waals surface area contributed by atoms with E-state index in [1.807, 2.05) is 0 Å². The fourth-order valence-electron chi connectivity index (χ4n) is 2.04. The predicted octanol–water partition coefficient (Wildman–Crippen LogP) is 2.24. The van der Waals surface area contributed by atoms with E-state index < -0.39 is 18.7 Å². The van der Waals surface area contributed by atoms with E-state index in [1.54, 1.807) is 0 Å². The first kappa shape index (κ1) is 15.7. The maximum atomic E-state index is 11.8. The van der Waals surface area contributed by atoms with Gasteiger partial charge in [-0.15, -0.1) is 0 Å². The minimum absolute atomic E-state index is 0.142. The van der Waals surface area contributed by atoms with E-state index in [-0.39, 0.29) is 25.8 Å². The topological polar surface area (TPSA) is 41.5 Å². The molecule has 1 rings (SSSR count). The Morgan fingerprint density at radius 1 is 1.22 bits per heavy atom. The van der Waals surface area contributed by atoms with E-state index in [9.17, 15) is 18.3 Å². The number of halogens is 3. The van der Waals surface area contributed by atoms with Crippen LogP contribution in [-0.4, -0.2) is 43.2 Å². The van der Waals surface area contributed by atoms with Crippen molar-refractivity contribution in [3.63, 3.8) is 0 Å². The number of aliphatic hydroxyl groups excluding tert-OH is 1. The zero-order valence-electron chi connectivity index (χ0n) is 10.5. The molecule has 1 aliphatic carbocycles. The third kappa shape index (κ3) is 7.89. The molecule has 0 radical (unpaired) electrons. The normalized spacial score (nSPS) is 20.0. The first-order chi connectivity index (χ1) is 8.47. The number of ether oxygens (including phenoxy) is 1. The Labute approximate surface area is 106 Å². The van der Waals surface area contributed by atoms with E-state index in [0.29, 0.717) is 0 Å². The number of hydrogen-bond donors (Lipinski definition) is 2. The molecule has 0 aromatic carbocycles. The van der Waals surface area contributed by atoms with Crippen LogP contribution in [0.3, 0.4) is 0 Å². The van der Waals surface area contributed by atoms with Crippen molar-refractivity contribution in [1.82, 2.24) is 5.32 Å². The summed E-state index contributed by atoms with van der Waals surface area (Å²) in [6.07, 6.45) is 0.0578. The molecule has 1 unspecified atom stereocenters. The van der Waals surface area contributed by atoms with Crippen LogP contribution in [0.25, 0.3) is 0 Å². The fraction of sp³-hybridized carbons (Fsp3) is 1.00. The number of rotatable bonds is 7. The molecule has 1 saturated carbocycles. The van der Waals surface area contributed by atoms with Crippen LogP contribution in [0.2, 0.25) is 0 Å². The van der Waals surface area contributed by atoms with Gasteiger partial charge < -0.3 is 15.2 Å². The van der Waals surface area contributed by atoms with Gasteiger partial charge in [0.05, 0.1) is 25.2 Å². The first-order valence-corrected chi connectivity index (χ1v) is 6.54. The highest BCUT2D eigenvalue weighted by Gasteiger charge is 2.26. The average molecular weight is 269 g/mol. The molecule has 6 heteroatoms. The third-order valence-corrected chi connectivity index (χ3v) is 3.04. The summed E-state index contributed by atoms with van der Waals surface area (Å²) in [5.74, 6) is 0. The van der Waals surface area contributed by atoms with Gasteiger partial charge in [0.15, 0.2) is 0 Å². The first-order valence-electron chi connectivity index (χ1n) is 6.54. The van der Waals surface area contributed by atoms with Crippen molar-refractivity contribution >= 4 is 0 Å². The van der Waals surface area contributed by atoms with Crippen LogP contribution in [0.5, 0.6) is 0 Å². The minimum atomic E-state index is -4.14. The van der Waals surface area contributed by atoms with Crippen LogP contribution in [0, 0.1) is 0 Å². The van der Waals surface area contributed by atoms with Gasteiger partial charge in [-0.05, 0) is 12.8 Å². The van der Waals surface area contributed by atoms with E-state index in [2.05, 4.69) is 5.32 Å². The van der Waals surface area contributed by atoms with Gasteiger partial charge in [-0.25, -0.2) is 0 Å². The van der Waals surface area contributed by atoms with Crippen molar-refractivity contribution < 1.29 is 23.0 Å². The van der Waals surface area contributed by atoms with Gasteiger partial charge in [-0.1, -0.05) is 19.3 Å². The van der Waals surface area contributed by atoms with Crippen LogP contribution in [0.15, 0.2) is 0 Å². The molecule has 0 aromatic rings. The molecule has 0 aromatic heterocycles. The molecule has 0 amide bonds. The maximum Gasteiger partial charge on any atom is 0.390 e. The van der Waals surface area contributed by atoms with Gasteiger partial charge in [0.2, 0.25) is 0 Å². The standard InChI is InChI=1S/C12H22F3NO2/c13-12(14,15)6-7-16-8-10(17)9-18-11-4-2-1-3-5-11/h10-11,16-17H,1-9H2. The highest BCUT2D eigenvalue weighted by molar-refractivity contribution is 4.67. The van der Waals surface area contributed by atoms with Crippen LogP contribution < -0.4 is 5.32 Å². The van der Waals surface area contributed by atoms with Crippen molar-refractivity contribution in [3.05, 3.63) is 0 Å².